The van der Waals surface area contributed by atoms with E-state index in [1.165, 1.54) is 0 Å². The maximum absolute atomic E-state index is 14.2. The van der Waals surface area contributed by atoms with Crippen LogP contribution in [-0.2, 0) is 35.1 Å². The first-order valence-electron chi connectivity index (χ1n) is 18.7. The number of rotatable bonds is 21. The summed E-state index contributed by atoms with van der Waals surface area (Å²) in [4.78, 5) is 60.6. The Kier molecular flexibility index (Phi) is 18.1. The number of benzene rings is 1. The second-order valence-electron chi connectivity index (χ2n) is 15.3. The zero-order valence-corrected chi connectivity index (χ0v) is 33.1. The zero-order chi connectivity index (χ0) is 37.7. The lowest BCUT2D eigenvalue weighted by atomic mass is 9.83. The number of nitrogens with zero attached hydrogens (tertiary/aromatic N) is 3. The van der Waals surface area contributed by atoms with Gasteiger partial charge in [0.15, 0.2) is 5.78 Å². The third-order valence-electron chi connectivity index (χ3n) is 10.9. The first-order chi connectivity index (χ1) is 23.6. The topological polar surface area (TPSA) is 108 Å². The van der Waals surface area contributed by atoms with E-state index in [1.54, 1.807) is 26.2 Å². The number of likely N-dealkylation sites (tertiary alicyclic amines) is 1. The number of nitrogens with one attached hydrogen (secondary N) is 1. The highest BCUT2D eigenvalue weighted by Gasteiger charge is 2.43. The molecule has 50 heavy (non-hydrogen) atoms. The van der Waals surface area contributed by atoms with Gasteiger partial charge in [0.2, 0.25) is 17.7 Å². The van der Waals surface area contributed by atoms with Gasteiger partial charge in [-0.2, -0.15) is 0 Å². The van der Waals surface area contributed by atoms with Crippen LogP contribution in [0, 0.1) is 29.6 Å². The van der Waals surface area contributed by atoms with Crippen molar-refractivity contribution in [2.45, 2.75) is 117 Å². The molecule has 1 N–H and O–H groups in total. The van der Waals surface area contributed by atoms with Gasteiger partial charge in [0.05, 0.1) is 42.7 Å². The molecule has 0 aromatic heterocycles. The fourth-order valence-corrected chi connectivity index (χ4v) is 7.91. The Morgan fingerprint density at radius 1 is 0.920 bits per heavy atom. The summed E-state index contributed by atoms with van der Waals surface area (Å²) >= 11 is 0. The van der Waals surface area contributed by atoms with Gasteiger partial charge in [-0.15, -0.1) is 0 Å². The average molecular weight is 701 g/mol. The van der Waals surface area contributed by atoms with Gasteiger partial charge in [0.1, 0.15) is 0 Å². The first-order valence-corrected chi connectivity index (χ1v) is 18.7. The van der Waals surface area contributed by atoms with E-state index in [4.69, 9.17) is 9.47 Å². The number of hydrogen-bond acceptors (Lipinski definition) is 7. The molecule has 1 aromatic rings. The summed E-state index contributed by atoms with van der Waals surface area (Å²) in [5, 5.41) is 3.05. The van der Waals surface area contributed by atoms with Gasteiger partial charge in [-0.1, -0.05) is 85.2 Å². The molecule has 0 saturated carbocycles. The average Bonchev–Trinajstić information content (AvgIpc) is 3.56. The molecule has 1 saturated heterocycles. The van der Waals surface area contributed by atoms with E-state index in [0.29, 0.717) is 13.1 Å². The Labute approximate surface area is 303 Å². The summed E-state index contributed by atoms with van der Waals surface area (Å²) in [6.45, 7) is 15.2. The highest BCUT2D eigenvalue weighted by atomic mass is 16.5. The largest absolute Gasteiger partial charge is 0.379 e. The molecule has 1 aliphatic rings. The number of likely N-dealkylation sites (N-methyl/N-ethyl adjacent to an activating group) is 2. The van der Waals surface area contributed by atoms with Crippen molar-refractivity contribution in [1.82, 2.24) is 20.0 Å². The lowest BCUT2D eigenvalue weighted by Crippen LogP contribution is -2.54. The summed E-state index contributed by atoms with van der Waals surface area (Å²) in [6, 6.07) is 9.14. The van der Waals surface area contributed by atoms with E-state index in [-0.39, 0.29) is 72.2 Å². The van der Waals surface area contributed by atoms with Crippen LogP contribution in [0.25, 0.3) is 0 Å². The zero-order valence-electron chi connectivity index (χ0n) is 33.1. The fraction of sp³-hybridized carbons (Fsp3) is 0.750. The second-order valence-corrected chi connectivity index (χ2v) is 15.3. The Balaban J connectivity index is 2.21. The SMILES string of the molecule is CC[C@H](C)[C@@H]([C@@H](CC(=O)N1CCC[C@H]1[C@H](OC)[C@@H](C)C(=O)NCCc1ccccc1)OC)N(C)C(=O)[C@@H](CC(=O)[C@H](C(C)C)N(C)C)C(C)C. The number of ether oxygens (including phenoxy) is 2. The van der Waals surface area contributed by atoms with Gasteiger partial charge in [-0.05, 0) is 56.7 Å². The number of Topliss-reactive ketones (excluding diaryl/α,β-unsaturated/α-hetero) is 1. The molecule has 1 heterocycles. The van der Waals surface area contributed by atoms with Crippen molar-refractivity contribution >= 4 is 23.5 Å². The summed E-state index contributed by atoms with van der Waals surface area (Å²) < 4.78 is 12.0. The molecule has 0 spiro atoms. The Hall–Kier alpha value is -2.82. The number of amides is 3. The molecule has 1 aromatic carbocycles. The van der Waals surface area contributed by atoms with Crippen molar-refractivity contribution in [2.24, 2.45) is 29.6 Å². The van der Waals surface area contributed by atoms with Crippen LogP contribution in [0.3, 0.4) is 0 Å². The second kappa shape index (κ2) is 20.9. The van der Waals surface area contributed by atoms with E-state index in [1.807, 2.05) is 88.8 Å². The number of ketones is 1. The van der Waals surface area contributed by atoms with Crippen LogP contribution in [0.4, 0.5) is 0 Å². The van der Waals surface area contributed by atoms with Crippen molar-refractivity contribution in [1.29, 1.82) is 0 Å². The Morgan fingerprint density at radius 2 is 1.56 bits per heavy atom. The first kappa shape index (κ1) is 43.3. The molecule has 2 rings (SSSR count). The normalized spacial score (nSPS) is 19.2. The molecule has 0 aliphatic carbocycles. The predicted octanol–water partition coefficient (Wildman–Crippen LogP) is 5.08. The molecule has 0 unspecified atom stereocenters. The van der Waals surface area contributed by atoms with E-state index in [0.717, 1.165) is 31.2 Å². The van der Waals surface area contributed by atoms with Crippen LogP contribution in [0.5, 0.6) is 0 Å². The van der Waals surface area contributed by atoms with E-state index in [2.05, 4.69) is 19.2 Å². The van der Waals surface area contributed by atoms with Gasteiger partial charge < -0.3 is 24.6 Å². The predicted molar refractivity (Wildman–Crippen MR) is 200 cm³/mol. The summed E-state index contributed by atoms with van der Waals surface area (Å²) in [7, 11) is 8.80. The van der Waals surface area contributed by atoms with Crippen LogP contribution in [0.1, 0.15) is 86.1 Å². The quantitative estimate of drug-likeness (QED) is 0.191. The molecular formula is C40H68N4O6. The highest BCUT2D eigenvalue weighted by molar-refractivity contribution is 5.90. The van der Waals surface area contributed by atoms with Crippen molar-refractivity contribution in [2.75, 3.05) is 48.5 Å². The maximum atomic E-state index is 14.2. The molecule has 10 nitrogen and oxygen atoms in total. The minimum Gasteiger partial charge on any atom is -0.379 e. The minimum absolute atomic E-state index is 0.0381. The molecule has 0 bridgehead atoms. The summed E-state index contributed by atoms with van der Waals surface area (Å²) in [5.74, 6) is -1.03. The number of methoxy groups -OCH3 is 2. The number of hydrogen-bond donors (Lipinski definition) is 1. The Morgan fingerprint density at radius 3 is 2.08 bits per heavy atom. The standard InChI is InChI=1S/C40H68N4O6/c1-13-28(6)37(43(10)40(48)31(26(2)3)24-33(45)36(27(4)5)42(8)9)34(49-11)25-35(46)44-23-17-20-32(44)38(50-12)29(7)39(47)41-22-21-30-18-15-14-16-19-30/h14-16,18-19,26-29,31-32,34,36-38H,13,17,20-25H2,1-12H3,(H,41,47)/t28-,29+,31-,32-,34+,36-,37-,38+/m0/s1. The highest BCUT2D eigenvalue weighted by Crippen LogP contribution is 2.31. The smallest absolute Gasteiger partial charge is 0.226 e. The van der Waals surface area contributed by atoms with Crippen LogP contribution in [0.2, 0.25) is 0 Å². The van der Waals surface area contributed by atoms with Crippen LogP contribution in [-0.4, -0.2) is 117 Å². The molecule has 8 atom stereocenters. The monoisotopic (exact) mass is 701 g/mol. The van der Waals surface area contributed by atoms with Crippen molar-refractivity contribution in [3.63, 3.8) is 0 Å². The molecular weight excluding hydrogens is 632 g/mol. The Bertz CT molecular complexity index is 1200. The number of carbonyl (C=O) groups excluding carboxylic acids is 4. The van der Waals surface area contributed by atoms with Crippen LogP contribution < -0.4 is 5.32 Å². The van der Waals surface area contributed by atoms with Crippen molar-refractivity contribution in [3.8, 4) is 0 Å². The summed E-state index contributed by atoms with van der Waals surface area (Å²) in [5.41, 5.74) is 1.16. The lowest BCUT2D eigenvalue weighted by molar-refractivity contribution is -0.149. The molecule has 10 heteroatoms. The fourth-order valence-electron chi connectivity index (χ4n) is 7.91. The van der Waals surface area contributed by atoms with E-state index < -0.39 is 24.0 Å². The molecule has 0 radical (unpaired) electrons. The van der Waals surface area contributed by atoms with Crippen LogP contribution in [0.15, 0.2) is 30.3 Å². The van der Waals surface area contributed by atoms with Gasteiger partial charge in [0.25, 0.3) is 0 Å². The van der Waals surface area contributed by atoms with Crippen molar-refractivity contribution < 1.29 is 28.7 Å². The van der Waals surface area contributed by atoms with Gasteiger partial charge >= 0.3 is 0 Å². The molecule has 3 amide bonds. The summed E-state index contributed by atoms with van der Waals surface area (Å²) in [6.07, 6.45) is 2.32. The molecule has 284 valence electrons. The maximum Gasteiger partial charge on any atom is 0.226 e. The van der Waals surface area contributed by atoms with Gasteiger partial charge in [-0.3, -0.25) is 24.1 Å². The minimum atomic E-state index is -0.555. The lowest BCUT2D eigenvalue weighted by Gasteiger charge is -2.41. The van der Waals surface area contributed by atoms with Gasteiger partial charge in [0, 0.05) is 46.7 Å². The third kappa shape index (κ3) is 11.6. The van der Waals surface area contributed by atoms with Crippen LogP contribution >= 0.6 is 0 Å². The van der Waals surface area contributed by atoms with Gasteiger partial charge in [-0.25, -0.2) is 0 Å². The molecule has 1 fully saturated rings. The van der Waals surface area contributed by atoms with E-state index in [9.17, 15) is 19.2 Å². The van der Waals surface area contributed by atoms with E-state index >= 15 is 0 Å². The third-order valence-corrected chi connectivity index (χ3v) is 10.9. The van der Waals surface area contributed by atoms with Crippen molar-refractivity contribution in [3.05, 3.63) is 35.9 Å². The molecule has 1 aliphatic heterocycles. The number of carbonyl (C=O) groups is 4.